The molecule has 1 aliphatic heterocycles. The first kappa shape index (κ1) is 21.3. The first-order valence-corrected chi connectivity index (χ1v) is 8.58. The van der Waals surface area contributed by atoms with E-state index in [1.807, 2.05) is 42.3 Å². The molecule has 1 aliphatic rings. The molecule has 0 bridgehead atoms. The molecule has 3 amide bonds. The Bertz CT molecular complexity index is 541. The number of nitrogens with one attached hydrogen (secondary N) is 2. The number of likely N-dealkylation sites (N-methyl/N-ethyl adjacent to an activating group) is 1. The highest BCUT2D eigenvalue weighted by Crippen LogP contribution is 2.17. The predicted octanol–water partition coefficient (Wildman–Crippen LogP) is 1.85. The van der Waals surface area contributed by atoms with Crippen molar-refractivity contribution < 1.29 is 9.59 Å². The van der Waals surface area contributed by atoms with Gasteiger partial charge in [0, 0.05) is 45.7 Å². The van der Waals surface area contributed by atoms with Crippen LogP contribution >= 0.6 is 12.4 Å². The molecule has 25 heavy (non-hydrogen) atoms. The summed E-state index contributed by atoms with van der Waals surface area (Å²) in [5.41, 5.74) is 1.08. The number of hydrogen-bond donors (Lipinski definition) is 2. The van der Waals surface area contributed by atoms with Gasteiger partial charge in [0.1, 0.15) is 0 Å². The second-order valence-electron chi connectivity index (χ2n) is 6.26. The van der Waals surface area contributed by atoms with Crippen molar-refractivity contribution in [1.29, 1.82) is 0 Å². The van der Waals surface area contributed by atoms with Gasteiger partial charge in [0.25, 0.3) is 0 Å². The van der Waals surface area contributed by atoms with E-state index in [9.17, 15) is 9.59 Å². The summed E-state index contributed by atoms with van der Waals surface area (Å²) in [7, 11) is 3.66. The van der Waals surface area contributed by atoms with Gasteiger partial charge in [-0.3, -0.25) is 4.79 Å². The second kappa shape index (κ2) is 10.9. The van der Waals surface area contributed by atoms with Crippen LogP contribution in [0.2, 0.25) is 0 Å². The highest BCUT2D eigenvalue weighted by molar-refractivity contribution is 5.85. The number of rotatable bonds is 7. The smallest absolute Gasteiger partial charge is 0.317 e. The lowest BCUT2D eigenvalue weighted by Gasteiger charge is -2.25. The van der Waals surface area contributed by atoms with E-state index < -0.39 is 0 Å². The van der Waals surface area contributed by atoms with Crippen LogP contribution in [0.15, 0.2) is 30.3 Å². The monoisotopic (exact) mass is 368 g/mol. The largest absolute Gasteiger partial charge is 0.338 e. The maximum atomic E-state index is 12.3. The molecule has 1 fully saturated rings. The van der Waals surface area contributed by atoms with Crippen LogP contribution in [-0.4, -0.2) is 61.5 Å². The molecule has 2 rings (SSSR count). The fraction of sp³-hybridized carbons (Fsp3) is 0.556. The van der Waals surface area contributed by atoms with Crippen LogP contribution in [0.3, 0.4) is 0 Å². The maximum absolute atomic E-state index is 12.3. The van der Waals surface area contributed by atoms with Gasteiger partial charge >= 0.3 is 6.03 Å². The number of likely N-dealkylation sites (tertiary alicyclic amines) is 1. The van der Waals surface area contributed by atoms with E-state index in [4.69, 9.17) is 0 Å². The van der Waals surface area contributed by atoms with Crippen LogP contribution in [0.25, 0.3) is 0 Å². The van der Waals surface area contributed by atoms with Crippen LogP contribution in [0, 0.1) is 0 Å². The summed E-state index contributed by atoms with van der Waals surface area (Å²) < 4.78 is 0. The number of benzene rings is 1. The van der Waals surface area contributed by atoms with Crippen LogP contribution in [0.4, 0.5) is 4.79 Å². The van der Waals surface area contributed by atoms with Gasteiger partial charge in [0.05, 0.1) is 0 Å². The Morgan fingerprint density at radius 2 is 2.00 bits per heavy atom. The maximum Gasteiger partial charge on any atom is 0.317 e. The summed E-state index contributed by atoms with van der Waals surface area (Å²) in [4.78, 5) is 28.0. The number of amides is 3. The third-order valence-corrected chi connectivity index (χ3v) is 4.36. The zero-order chi connectivity index (χ0) is 17.4. The second-order valence-corrected chi connectivity index (χ2v) is 6.26. The van der Waals surface area contributed by atoms with E-state index in [2.05, 4.69) is 10.6 Å². The van der Waals surface area contributed by atoms with E-state index in [1.54, 1.807) is 11.9 Å². The Kier molecular flexibility index (Phi) is 9.31. The van der Waals surface area contributed by atoms with Gasteiger partial charge in [-0.05, 0) is 25.5 Å². The van der Waals surface area contributed by atoms with E-state index in [-0.39, 0.29) is 24.3 Å². The molecule has 0 radical (unpaired) electrons. The lowest BCUT2D eigenvalue weighted by atomic mass is 10.2. The number of carbonyl (C=O) groups is 2. The molecule has 1 saturated heterocycles. The summed E-state index contributed by atoms with van der Waals surface area (Å²) in [5.74, 6) is 0.124. The molecule has 0 aliphatic carbocycles. The Hall–Kier alpha value is -1.79. The summed E-state index contributed by atoms with van der Waals surface area (Å²) in [6.45, 7) is 2.58. The minimum Gasteiger partial charge on any atom is -0.338 e. The number of carbonyl (C=O) groups excluding carboxylic acids is 2. The normalized spacial score (nSPS) is 16.2. The first-order valence-electron chi connectivity index (χ1n) is 8.58. The fourth-order valence-corrected chi connectivity index (χ4v) is 3.10. The van der Waals surface area contributed by atoms with Gasteiger partial charge in [0.15, 0.2) is 0 Å². The van der Waals surface area contributed by atoms with Gasteiger partial charge in [-0.2, -0.15) is 0 Å². The predicted molar refractivity (Wildman–Crippen MR) is 102 cm³/mol. The van der Waals surface area contributed by atoms with Gasteiger partial charge in [-0.1, -0.05) is 30.3 Å². The molecule has 0 aromatic heterocycles. The van der Waals surface area contributed by atoms with Crippen molar-refractivity contribution in [3.8, 4) is 0 Å². The van der Waals surface area contributed by atoms with Crippen molar-refractivity contribution in [2.75, 3.05) is 33.7 Å². The van der Waals surface area contributed by atoms with Crippen LogP contribution < -0.4 is 10.6 Å². The SMILES string of the molecule is CNCC1CCCN1C(=O)CCNC(=O)N(C)Cc1ccccc1.Cl. The van der Waals surface area contributed by atoms with Crippen molar-refractivity contribution in [1.82, 2.24) is 20.4 Å². The number of nitrogens with zero attached hydrogens (tertiary/aromatic N) is 2. The highest BCUT2D eigenvalue weighted by Gasteiger charge is 2.27. The highest BCUT2D eigenvalue weighted by atomic mass is 35.5. The average molecular weight is 369 g/mol. The number of hydrogen-bond acceptors (Lipinski definition) is 3. The zero-order valence-corrected chi connectivity index (χ0v) is 15.8. The molecular weight excluding hydrogens is 340 g/mol. The quantitative estimate of drug-likeness (QED) is 0.772. The zero-order valence-electron chi connectivity index (χ0n) is 15.0. The Morgan fingerprint density at radius 1 is 1.28 bits per heavy atom. The van der Waals surface area contributed by atoms with E-state index in [0.717, 1.165) is 31.5 Å². The third kappa shape index (κ3) is 6.55. The van der Waals surface area contributed by atoms with Crippen molar-refractivity contribution in [2.45, 2.75) is 31.8 Å². The number of urea groups is 1. The van der Waals surface area contributed by atoms with Crippen molar-refractivity contribution in [3.05, 3.63) is 35.9 Å². The summed E-state index contributed by atoms with van der Waals surface area (Å²) >= 11 is 0. The standard InChI is InChI=1S/C18H28N4O2.ClH/c1-19-13-16-9-6-12-22(16)17(23)10-11-20-18(24)21(2)14-15-7-4-3-5-8-15;/h3-5,7-8,16,19H,6,9-14H2,1-2H3,(H,20,24);1H. The molecule has 1 atom stereocenters. The molecule has 140 valence electrons. The van der Waals surface area contributed by atoms with Gasteiger partial charge in [0.2, 0.25) is 5.91 Å². The molecular formula is C18H29ClN4O2. The van der Waals surface area contributed by atoms with Crippen molar-refractivity contribution in [2.24, 2.45) is 0 Å². The molecule has 0 spiro atoms. The van der Waals surface area contributed by atoms with E-state index in [1.165, 1.54) is 0 Å². The minimum atomic E-state index is -0.153. The lowest BCUT2D eigenvalue weighted by molar-refractivity contribution is -0.131. The third-order valence-electron chi connectivity index (χ3n) is 4.36. The van der Waals surface area contributed by atoms with Crippen LogP contribution in [-0.2, 0) is 11.3 Å². The van der Waals surface area contributed by atoms with Crippen LogP contribution in [0.5, 0.6) is 0 Å². The topological polar surface area (TPSA) is 64.7 Å². The molecule has 2 N–H and O–H groups in total. The van der Waals surface area contributed by atoms with Crippen molar-refractivity contribution in [3.63, 3.8) is 0 Å². The van der Waals surface area contributed by atoms with E-state index in [0.29, 0.717) is 25.6 Å². The molecule has 6 nitrogen and oxygen atoms in total. The Labute approximate surface area is 156 Å². The lowest BCUT2D eigenvalue weighted by Crippen LogP contribution is -2.43. The molecule has 1 aromatic rings. The minimum absolute atomic E-state index is 0. The summed E-state index contributed by atoms with van der Waals surface area (Å²) in [6, 6.07) is 9.98. The Balaban J connectivity index is 0.00000312. The molecule has 1 aromatic carbocycles. The number of halogens is 1. The molecule has 7 heteroatoms. The molecule has 1 unspecified atom stereocenters. The van der Waals surface area contributed by atoms with Crippen LogP contribution in [0.1, 0.15) is 24.8 Å². The molecule has 1 heterocycles. The summed E-state index contributed by atoms with van der Waals surface area (Å²) in [5, 5.41) is 5.96. The van der Waals surface area contributed by atoms with Gasteiger partial charge < -0.3 is 20.4 Å². The molecule has 0 saturated carbocycles. The van der Waals surface area contributed by atoms with Crippen molar-refractivity contribution >= 4 is 24.3 Å². The average Bonchev–Trinajstić information content (AvgIpc) is 3.04. The van der Waals surface area contributed by atoms with E-state index >= 15 is 0 Å². The first-order chi connectivity index (χ1) is 11.6. The van der Waals surface area contributed by atoms with Gasteiger partial charge in [-0.25, -0.2) is 4.79 Å². The fourth-order valence-electron chi connectivity index (χ4n) is 3.10. The van der Waals surface area contributed by atoms with Gasteiger partial charge in [-0.15, -0.1) is 12.4 Å². The summed E-state index contributed by atoms with van der Waals surface area (Å²) in [6.07, 6.45) is 2.47. The Morgan fingerprint density at radius 3 is 2.68 bits per heavy atom.